The Bertz CT molecular complexity index is 1140. The topological polar surface area (TPSA) is 69.7 Å². The van der Waals surface area contributed by atoms with Crippen LogP contribution in [0.5, 0.6) is 23.0 Å². The van der Waals surface area contributed by atoms with E-state index < -0.39 is 0 Å². The lowest BCUT2D eigenvalue weighted by Gasteiger charge is -2.31. The molecule has 0 spiro atoms. The van der Waals surface area contributed by atoms with Crippen LogP contribution in [0.1, 0.15) is 33.5 Å². The van der Waals surface area contributed by atoms with Crippen LogP contribution in [0, 0.1) is 6.92 Å². The van der Waals surface area contributed by atoms with Crippen LogP contribution in [0.2, 0.25) is 0 Å². The number of fused-ring (bicyclic) bond motifs is 3. The van der Waals surface area contributed by atoms with Crippen molar-refractivity contribution in [3.8, 4) is 23.0 Å². The lowest BCUT2D eigenvalue weighted by atomic mass is 9.98. The largest absolute Gasteiger partial charge is 0.497 e. The van der Waals surface area contributed by atoms with E-state index in [-0.39, 0.29) is 11.5 Å². The Kier molecular flexibility index (Phi) is 6.95. The molecule has 1 saturated heterocycles. The molecule has 0 aliphatic carbocycles. The fourth-order valence-corrected chi connectivity index (χ4v) is 4.84. The zero-order valence-electron chi connectivity index (χ0n) is 20.6. The smallest absolute Gasteiger partial charge is 0.232 e. The molecule has 3 aliphatic heterocycles. The number of carbonyl (C=O) groups is 1. The molecular weight excluding hydrogens is 448 g/mol. The predicted octanol–water partition coefficient (Wildman–Crippen LogP) is 3.50. The quantitative estimate of drug-likeness (QED) is 0.558. The molecule has 0 atom stereocenters. The summed E-state index contributed by atoms with van der Waals surface area (Å²) >= 11 is 0. The number of rotatable bonds is 7. The number of aryl methyl sites for hydroxylation is 1. The van der Waals surface area contributed by atoms with Crippen molar-refractivity contribution in [3.05, 3.63) is 52.3 Å². The Labute approximate surface area is 206 Å². The second kappa shape index (κ2) is 10.3. The standard InChI is InChI=1S/C27H32N2O6/c1-18-13-23-21(16-29(17-34-23)8-4-7-28-9-11-33-12-10-28)27-25(18)26(30)24(35-27)14-19-5-6-20(31-2)15-22(19)32-3/h5-6,13-15H,4,7-12,16-17H2,1-3H3/b24-14-. The lowest BCUT2D eigenvalue weighted by Crippen LogP contribution is -2.39. The molecule has 2 aromatic carbocycles. The van der Waals surface area contributed by atoms with Crippen molar-refractivity contribution in [3.63, 3.8) is 0 Å². The Morgan fingerprint density at radius 1 is 1.06 bits per heavy atom. The highest BCUT2D eigenvalue weighted by molar-refractivity contribution is 6.16. The van der Waals surface area contributed by atoms with Gasteiger partial charge in [0.25, 0.3) is 0 Å². The first kappa shape index (κ1) is 23.7. The molecule has 8 nitrogen and oxygen atoms in total. The molecule has 5 rings (SSSR count). The Hall–Kier alpha value is -3.07. The molecule has 0 amide bonds. The van der Waals surface area contributed by atoms with Crippen molar-refractivity contribution in [2.45, 2.75) is 19.9 Å². The first-order valence-corrected chi connectivity index (χ1v) is 12.1. The highest BCUT2D eigenvalue weighted by Gasteiger charge is 2.35. The normalized spacial score (nSPS) is 19.2. The molecule has 0 bridgehead atoms. The Balaban J connectivity index is 1.34. The van der Waals surface area contributed by atoms with E-state index in [0.717, 1.165) is 68.3 Å². The second-order valence-corrected chi connectivity index (χ2v) is 9.06. The average Bonchev–Trinajstić information content (AvgIpc) is 3.22. The Morgan fingerprint density at radius 3 is 2.63 bits per heavy atom. The van der Waals surface area contributed by atoms with Crippen LogP contribution >= 0.6 is 0 Å². The van der Waals surface area contributed by atoms with Gasteiger partial charge in [-0.05, 0) is 49.7 Å². The summed E-state index contributed by atoms with van der Waals surface area (Å²) in [4.78, 5) is 18.0. The van der Waals surface area contributed by atoms with Gasteiger partial charge in [0.1, 0.15) is 29.7 Å². The van der Waals surface area contributed by atoms with E-state index in [0.29, 0.717) is 36.1 Å². The summed E-state index contributed by atoms with van der Waals surface area (Å²) in [6, 6.07) is 7.43. The molecule has 3 heterocycles. The summed E-state index contributed by atoms with van der Waals surface area (Å²) in [5.74, 6) is 2.86. The minimum Gasteiger partial charge on any atom is -0.497 e. The van der Waals surface area contributed by atoms with E-state index in [1.165, 1.54) is 0 Å². The van der Waals surface area contributed by atoms with Crippen molar-refractivity contribution < 1.29 is 28.5 Å². The van der Waals surface area contributed by atoms with Crippen LogP contribution in [0.15, 0.2) is 30.0 Å². The summed E-state index contributed by atoms with van der Waals surface area (Å²) in [7, 11) is 3.20. The molecule has 0 N–H and O–H groups in total. The van der Waals surface area contributed by atoms with Crippen molar-refractivity contribution >= 4 is 11.9 Å². The number of carbonyl (C=O) groups excluding carboxylic acids is 1. The lowest BCUT2D eigenvalue weighted by molar-refractivity contribution is 0.0329. The minimum atomic E-state index is -0.123. The van der Waals surface area contributed by atoms with Gasteiger partial charge >= 0.3 is 0 Å². The molecule has 2 aromatic rings. The number of nitrogens with zero attached hydrogens (tertiary/aromatic N) is 2. The third-order valence-electron chi connectivity index (χ3n) is 6.77. The molecule has 1 fully saturated rings. The van der Waals surface area contributed by atoms with Crippen molar-refractivity contribution in [2.24, 2.45) is 0 Å². The van der Waals surface area contributed by atoms with Gasteiger partial charge < -0.3 is 23.7 Å². The summed E-state index contributed by atoms with van der Waals surface area (Å²) in [6.07, 6.45) is 2.78. The molecule has 0 aromatic heterocycles. The van der Waals surface area contributed by atoms with Gasteiger partial charge in [-0.1, -0.05) is 0 Å². The molecule has 3 aliphatic rings. The molecule has 0 saturated carbocycles. The number of ketones is 1. The van der Waals surface area contributed by atoms with Crippen LogP contribution in [0.25, 0.3) is 6.08 Å². The first-order valence-electron chi connectivity index (χ1n) is 12.1. The fraction of sp³-hybridized carbons (Fsp3) is 0.444. The molecule has 35 heavy (non-hydrogen) atoms. The van der Waals surface area contributed by atoms with Crippen LogP contribution in [0.4, 0.5) is 0 Å². The third-order valence-corrected chi connectivity index (χ3v) is 6.77. The highest BCUT2D eigenvalue weighted by Crippen LogP contribution is 2.44. The zero-order valence-corrected chi connectivity index (χ0v) is 20.6. The first-order chi connectivity index (χ1) is 17.1. The van der Waals surface area contributed by atoms with Gasteiger partial charge in [0.2, 0.25) is 5.78 Å². The number of hydrogen-bond acceptors (Lipinski definition) is 8. The van der Waals surface area contributed by atoms with Gasteiger partial charge in [0.15, 0.2) is 5.76 Å². The van der Waals surface area contributed by atoms with Gasteiger partial charge in [-0.25, -0.2) is 0 Å². The van der Waals surface area contributed by atoms with E-state index in [1.54, 1.807) is 26.4 Å². The number of allylic oxidation sites excluding steroid dienone is 1. The number of hydrogen-bond donors (Lipinski definition) is 0. The third kappa shape index (κ3) is 4.87. The summed E-state index contributed by atoms with van der Waals surface area (Å²) in [6.45, 7) is 8.73. The second-order valence-electron chi connectivity index (χ2n) is 9.06. The SMILES string of the molecule is COc1ccc(/C=C2\Oc3c4c(cc(C)c3C2=O)OCN(CCCN2CCOCC2)C4)c(OC)c1. The van der Waals surface area contributed by atoms with E-state index in [4.69, 9.17) is 23.7 Å². The van der Waals surface area contributed by atoms with E-state index in [2.05, 4.69) is 9.80 Å². The summed E-state index contributed by atoms with van der Waals surface area (Å²) in [5, 5.41) is 0. The van der Waals surface area contributed by atoms with Crippen LogP contribution < -0.4 is 18.9 Å². The number of Topliss-reactive ketones (excluding diaryl/α,β-unsaturated/α-hetero) is 1. The average molecular weight is 481 g/mol. The minimum absolute atomic E-state index is 0.123. The Morgan fingerprint density at radius 2 is 1.86 bits per heavy atom. The fourth-order valence-electron chi connectivity index (χ4n) is 4.84. The summed E-state index contributed by atoms with van der Waals surface area (Å²) < 4.78 is 28.5. The van der Waals surface area contributed by atoms with Crippen molar-refractivity contribution in [1.82, 2.24) is 9.80 Å². The van der Waals surface area contributed by atoms with Gasteiger partial charge in [0, 0.05) is 37.8 Å². The maximum atomic E-state index is 13.3. The van der Waals surface area contributed by atoms with Gasteiger partial charge in [-0.15, -0.1) is 0 Å². The van der Waals surface area contributed by atoms with Crippen molar-refractivity contribution in [2.75, 3.05) is 60.3 Å². The number of methoxy groups -OCH3 is 2. The molecular formula is C27H32N2O6. The zero-order chi connectivity index (χ0) is 24.4. The van der Waals surface area contributed by atoms with E-state index in [1.807, 2.05) is 25.1 Å². The van der Waals surface area contributed by atoms with Gasteiger partial charge in [-0.2, -0.15) is 0 Å². The maximum absolute atomic E-state index is 13.3. The van der Waals surface area contributed by atoms with Gasteiger partial charge in [0.05, 0.1) is 38.6 Å². The number of ether oxygens (including phenoxy) is 5. The number of morpholine rings is 1. The van der Waals surface area contributed by atoms with E-state index >= 15 is 0 Å². The highest BCUT2D eigenvalue weighted by atomic mass is 16.5. The van der Waals surface area contributed by atoms with Crippen LogP contribution in [-0.4, -0.2) is 75.9 Å². The molecule has 0 unspecified atom stereocenters. The molecule has 8 heteroatoms. The van der Waals surface area contributed by atoms with Crippen LogP contribution in [-0.2, 0) is 11.3 Å². The predicted molar refractivity (Wildman–Crippen MR) is 131 cm³/mol. The number of benzene rings is 2. The van der Waals surface area contributed by atoms with Crippen LogP contribution in [0.3, 0.4) is 0 Å². The van der Waals surface area contributed by atoms with Gasteiger partial charge in [-0.3, -0.25) is 14.6 Å². The maximum Gasteiger partial charge on any atom is 0.232 e. The van der Waals surface area contributed by atoms with Crippen molar-refractivity contribution in [1.29, 1.82) is 0 Å². The molecule has 186 valence electrons. The summed E-state index contributed by atoms with van der Waals surface area (Å²) in [5.41, 5.74) is 3.15. The molecule has 0 radical (unpaired) electrons. The van der Waals surface area contributed by atoms with E-state index in [9.17, 15) is 4.79 Å². The monoisotopic (exact) mass is 480 g/mol.